The average molecular weight is 1290 g/mol. The number of aromatic nitrogens is 7. The average Bonchev–Trinajstić information content (AvgIpc) is 1.67. The number of aromatic carboxylic acids is 1. The van der Waals surface area contributed by atoms with Gasteiger partial charge in [0.05, 0.1) is 22.1 Å². The van der Waals surface area contributed by atoms with Crippen LogP contribution in [0.2, 0.25) is 0 Å². The summed E-state index contributed by atoms with van der Waals surface area (Å²) in [5.74, 6) is 3.09. The number of pyridine rings is 3. The first-order valence-corrected chi connectivity index (χ1v) is 32.7. The molecule has 500 valence electrons. The molecule has 21 nitrogen and oxygen atoms in total. The maximum Gasteiger partial charge on any atom is 0.410 e. The Morgan fingerprint density at radius 2 is 1.01 bits per heavy atom. The second kappa shape index (κ2) is 29.5. The van der Waals surface area contributed by atoms with Crippen molar-refractivity contribution < 1.29 is 43.2 Å². The summed E-state index contributed by atoms with van der Waals surface area (Å²) in [4.78, 5) is 61.4. The number of rotatable bonds is 18. The van der Waals surface area contributed by atoms with Crippen molar-refractivity contribution in [3.63, 3.8) is 0 Å². The van der Waals surface area contributed by atoms with Gasteiger partial charge in [0.2, 0.25) is 0 Å². The standard InChI is InChI=1S/C26H30N4O3.C21H22N4O.C20H29N3O3.C6H5NO2.CH4/c1-25(2,3)32-24(31)30(21-15-20(21)18-9-5-4-6-10-18)17-26(12-8-13-26)23-28-22(33-29-23)19-11-7-14-27-16-19;1-2-6-15(7-3-1)17-12-18(17)23-14-21(9-5-10-21)20-24-19(26-25-20)16-8-4-11-22-13-16;1-19(2,3)26-18(24)23(13-20(10-7-11-20)17(21)22-25)16-12-15(16)14-8-5-4-6-9-14;8-6(9)5-2-1-3-7-4-5;/h4-7,9-11,14,16,20-21H,8,12-13,15,17H2,1-3H3;1-4,6-8,11,13,17-18,23H,5,9-10,12,14H2;4-6,8-9,15-16,25H,7,10-13H2,1-3H3,(H2,21,22);1-4H,(H,8,9);1H4/t20?,21-;17?,18-;15?,16-;;/m000../s1. The van der Waals surface area contributed by atoms with Crippen LogP contribution in [0, 0.1) is 5.41 Å². The lowest BCUT2D eigenvalue weighted by Crippen LogP contribution is -2.53. The number of hydrogen-bond donors (Lipinski definition) is 4. The van der Waals surface area contributed by atoms with Crippen molar-refractivity contribution in [3.05, 3.63) is 198 Å². The first-order chi connectivity index (χ1) is 45.2. The molecule has 5 aromatic heterocycles. The highest BCUT2D eigenvalue weighted by Crippen LogP contribution is 2.52. The number of nitrogens with zero attached hydrogens (tertiary/aromatic N) is 10. The van der Waals surface area contributed by atoms with E-state index in [-0.39, 0.29) is 53.9 Å². The summed E-state index contributed by atoms with van der Waals surface area (Å²) in [6.45, 7) is 13.2. The zero-order chi connectivity index (χ0) is 66.1. The van der Waals surface area contributed by atoms with Crippen LogP contribution in [0.5, 0.6) is 0 Å². The molecule has 14 rings (SSSR count). The van der Waals surface area contributed by atoms with Crippen LogP contribution in [0.3, 0.4) is 0 Å². The van der Waals surface area contributed by atoms with Crippen molar-refractivity contribution in [2.24, 2.45) is 16.3 Å². The van der Waals surface area contributed by atoms with Crippen molar-refractivity contribution in [2.75, 3.05) is 19.6 Å². The maximum absolute atomic E-state index is 13.3. The second-order valence-electron chi connectivity index (χ2n) is 27.9. The van der Waals surface area contributed by atoms with E-state index in [1.54, 1.807) is 35.8 Å². The molecule has 6 saturated carbocycles. The monoisotopic (exact) mass is 1290 g/mol. The number of carbonyl (C=O) groups excluding carboxylic acids is 2. The number of benzene rings is 3. The molecule has 8 aromatic rings. The molecule has 0 bridgehead atoms. The second-order valence-corrected chi connectivity index (χ2v) is 27.9. The minimum atomic E-state index is -0.942. The van der Waals surface area contributed by atoms with Crippen LogP contribution in [0.1, 0.15) is 182 Å². The Kier molecular flexibility index (Phi) is 21.3. The zero-order valence-corrected chi connectivity index (χ0v) is 54.5. The van der Waals surface area contributed by atoms with Crippen molar-refractivity contribution in [3.8, 4) is 22.9 Å². The molecule has 2 amide bonds. The number of oxime groups is 1. The summed E-state index contributed by atoms with van der Waals surface area (Å²) < 4.78 is 22.6. The van der Waals surface area contributed by atoms with Gasteiger partial charge >= 0.3 is 18.2 Å². The fourth-order valence-corrected chi connectivity index (χ4v) is 12.8. The topological polar surface area (TPSA) is 284 Å². The molecule has 6 fully saturated rings. The number of ether oxygens (including phenoxy) is 2. The van der Waals surface area contributed by atoms with E-state index in [4.69, 9.17) is 39.3 Å². The van der Waals surface area contributed by atoms with Crippen LogP contribution in [0.25, 0.3) is 22.9 Å². The zero-order valence-electron chi connectivity index (χ0n) is 54.5. The van der Waals surface area contributed by atoms with Gasteiger partial charge < -0.3 is 49.7 Å². The molecule has 5 N–H and O–H groups in total. The van der Waals surface area contributed by atoms with Gasteiger partial charge in [0.1, 0.15) is 17.0 Å². The molecule has 21 heteroatoms. The molecule has 6 aliphatic rings. The molecule has 0 aliphatic heterocycles. The number of amides is 2. The predicted molar refractivity (Wildman–Crippen MR) is 360 cm³/mol. The van der Waals surface area contributed by atoms with E-state index in [1.165, 1.54) is 48.0 Å². The highest BCUT2D eigenvalue weighted by atomic mass is 16.6. The third-order valence-corrected chi connectivity index (χ3v) is 18.8. The van der Waals surface area contributed by atoms with E-state index in [0.717, 1.165) is 87.7 Å². The first kappa shape index (κ1) is 68.5. The van der Waals surface area contributed by atoms with Gasteiger partial charge in [0.15, 0.2) is 11.6 Å². The summed E-state index contributed by atoms with van der Waals surface area (Å²) in [6.07, 6.45) is 21.3. The normalized spacial score (nSPS) is 21.3. The largest absolute Gasteiger partial charge is 0.478 e. The van der Waals surface area contributed by atoms with Crippen molar-refractivity contribution in [1.82, 2.24) is 50.3 Å². The Hall–Kier alpha value is -9.37. The number of carboxylic acid groups (broad SMARTS) is 1. The van der Waals surface area contributed by atoms with Crippen molar-refractivity contribution >= 4 is 24.0 Å². The number of carbonyl (C=O) groups is 3. The summed E-state index contributed by atoms with van der Waals surface area (Å²) in [5.41, 5.74) is 9.95. The van der Waals surface area contributed by atoms with E-state index >= 15 is 0 Å². The fraction of sp³-hybridized carbons (Fsp3) is 0.446. The lowest BCUT2D eigenvalue weighted by Gasteiger charge is -2.44. The molecular weight excluding hydrogens is 1200 g/mol. The van der Waals surface area contributed by atoms with Crippen LogP contribution < -0.4 is 11.1 Å². The van der Waals surface area contributed by atoms with Crippen LogP contribution in [-0.4, -0.2) is 128 Å². The summed E-state index contributed by atoms with van der Waals surface area (Å²) in [7, 11) is 0. The van der Waals surface area contributed by atoms with E-state index < -0.39 is 22.6 Å². The molecule has 0 spiro atoms. The third-order valence-electron chi connectivity index (χ3n) is 18.8. The maximum atomic E-state index is 13.3. The van der Waals surface area contributed by atoms with Gasteiger partial charge in [-0.3, -0.25) is 15.0 Å². The van der Waals surface area contributed by atoms with Crippen LogP contribution >= 0.6 is 0 Å². The highest BCUT2D eigenvalue weighted by molar-refractivity contribution is 5.88. The molecule has 6 aliphatic carbocycles. The van der Waals surface area contributed by atoms with Crippen LogP contribution in [-0.2, 0) is 20.3 Å². The van der Waals surface area contributed by atoms with Crippen molar-refractivity contribution in [2.45, 2.75) is 184 Å². The van der Waals surface area contributed by atoms with E-state index in [0.29, 0.717) is 54.5 Å². The van der Waals surface area contributed by atoms with E-state index in [1.807, 2.05) is 95.0 Å². The minimum Gasteiger partial charge on any atom is -0.478 e. The van der Waals surface area contributed by atoms with Crippen molar-refractivity contribution in [1.29, 1.82) is 0 Å². The molecule has 3 unspecified atom stereocenters. The molecule has 95 heavy (non-hydrogen) atoms. The Labute approximate surface area is 556 Å². The molecule has 0 radical (unpaired) electrons. The predicted octanol–water partition coefficient (Wildman–Crippen LogP) is 14.2. The summed E-state index contributed by atoms with van der Waals surface area (Å²) in [6, 6.07) is 42.8. The molecule has 0 saturated heterocycles. The van der Waals surface area contributed by atoms with Gasteiger partial charge in [0, 0.05) is 104 Å². The Morgan fingerprint density at radius 1 is 0.579 bits per heavy atom. The van der Waals surface area contributed by atoms with Gasteiger partial charge in [0.25, 0.3) is 11.8 Å². The summed E-state index contributed by atoms with van der Waals surface area (Å²) in [5, 5.41) is 33.2. The van der Waals surface area contributed by atoms with Gasteiger partial charge in [-0.05, 0) is 152 Å². The van der Waals surface area contributed by atoms with Gasteiger partial charge in [-0.15, -0.1) is 0 Å². The molecule has 6 atom stereocenters. The van der Waals surface area contributed by atoms with Gasteiger partial charge in [-0.1, -0.05) is 133 Å². The van der Waals surface area contributed by atoms with Crippen LogP contribution in [0.15, 0.2) is 179 Å². The van der Waals surface area contributed by atoms with Crippen LogP contribution in [0.4, 0.5) is 9.59 Å². The van der Waals surface area contributed by atoms with Gasteiger partial charge in [-0.2, -0.15) is 9.97 Å². The molecular formula is C74H90N12O9. The third kappa shape index (κ3) is 17.0. The highest BCUT2D eigenvalue weighted by Gasteiger charge is 2.54. The van der Waals surface area contributed by atoms with E-state index in [9.17, 15) is 19.6 Å². The number of nitrogens with two attached hydrogens (primary N) is 1. The first-order valence-electron chi connectivity index (χ1n) is 32.7. The lowest BCUT2D eigenvalue weighted by atomic mass is 9.67. The molecule has 3 aromatic carbocycles. The minimum absolute atomic E-state index is 0. The number of nitrogens with one attached hydrogen (secondary N) is 1. The van der Waals surface area contributed by atoms with E-state index in [2.05, 4.69) is 102 Å². The Bertz CT molecular complexity index is 3800. The molecule has 5 heterocycles. The number of amidine groups is 1. The lowest BCUT2D eigenvalue weighted by molar-refractivity contribution is 0.0110. The number of carboxylic acids is 1. The summed E-state index contributed by atoms with van der Waals surface area (Å²) >= 11 is 0. The smallest absolute Gasteiger partial charge is 0.410 e. The van der Waals surface area contributed by atoms with Gasteiger partial charge in [-0.25, -0.2) is 14.4 Å². The Balaban J connectivity index is 0.000000146. The Morgan fingerprint density at radius 3 is 1.38 bits per heavy atom. The fourth-order valence-electron chi connectivity index (χ4n) is 12.8. The number of hydrogen-bond acceptors (Lipinski definition) is 17. The quantitative estimate of drug-likeness (QED) is 0.0269. The SMILES string of the molecule is C.CC(C)(C)OC(=O)N(CC1(C(N)=NO)CCC1)[C@H]1CC1c1ccccc1.CC(C)(C)OC(=O)N(CC1(c2noc(-c3cccnc3)n2)CCC1)[C@H]1CC1c1ccccc1.O=C(O)c1cccnc1.c1ccc(C2C[C@@H]2NCC2(c3noc(-c4cccnc4)n3)CCC2)cc1.